The molecule has 6 heteroatoms. The third-order valence-corrected chi connectivity index (χ3v) is 4.56. The molecule has 2 heterocycles. The highest BCUT2D eigenvalue weighted by Crippen LogP contribution is 2.19. The van der Waals surface area contributed by atoms with Crippen molar-refractivity contribution in [2.24, 2.45) is 5.92 Å². The number of hydrogen-bond acceptors (Lipinski definition) is 5. The molecule has 0 saturated carbocycles. The maximum atomic E-state index is 12.4. The van der Waals surface area contributed by atoms with Gasteiger partial charge in [-0.1, -0.05) is 17.7 Å². The number of amides is 1. The van der Waals surface area contributed by atoms with Gasteiger partial charge in [-0.3, -0.25) is 4.79 Å². The Morgan fingerprint density at radius 2 is 2.08 bits per heavy atom. The molecule has 0 bridgehead atoms. The third kappa shape index (κ3) is 4.66. The molecule has 0 aliphatic carbocycles. The number of carbonyl (C=O) groups excluding carboxylic acids is 1. The highest BCUT2D eigenvalue weighted by Gasteiger charge is 2.22. The molecule has 3 rings (SSSR count). The third-order valence-electron chi connectivity index (χ3n) is 4.56. The summed E-state index contributed by atoms with van der Waals surface area (Å²) in [5.41, 5.74) is 2.08. The number of benzene rings is 1. The first-order valence-corrected chi connectivity index (χ1v) is 8.90. The molecule has 0 radical (unpaired) electrons. The van der Waals surface area contributed by atoms with Gasteiger partial charge in [0.15, 0.2) is 0 Å². The Balaban J connectivity index is 1.53. The number of nitrogens with zero attached hydrogens (tertiary/aromatic N) is 3. The summed E-state index contributed by atoms with van der Waals surface area (Å²) in [6, 6.07) is 7.93. The topological polar surface area (TPSA) is 68.5 Å². The van der Waals surface area contributed by atoms with Crippen molar-refractivity contribution in [2.45, 2.75) is 33.1 Å². The summed E-state index contributed by atoms with van der Waals surface area (Å²) in [6.45, 7) is 7.09. The predicted molar refractivity (Wildman–Crippen MR) is 94.0 cm³/mol. The second-order valence-corrected chi connectivity index (χ2v) is 6.53. The van der Waals surface area contributed by atoms with E-state index < -0.39 is 0 Å². The second-order valence-electron chi connectivity index (χ2n) is 6.53. The van der Waals surface area contributed by atoms with E-state index in [1.165, 1.54) is 5.56 Å². The first-order chi connectivity index (χ1) is 12.2. The van der Waals surface area contributed by atoms with E-state index >= 15 is 0 Å². The lowest BCUT2D eigenvalue weighted by Crippen LogP contribution is -2.35. The van der Waals surface area contributed by atoms with Crippen LogP contribution in [0.4, 0.5) is 0 Å². The molecule has 1 amide bonds. The van der Waals surface area contributed by atoms with E-state index in [0.717, 1.165) is 31.7 Å². The zero-order chi connectivity index (χ0) is 17.6. The van der Waals surface area contributed by atoms with Gasteiger partial charge in [0, 0.05) is 44.0 Å². The van der Waals surface area contributed by atoms with E-state index in [0.29, 0.717) is 37.1 Å². The normalized spacial score (nSPS) is 17.0. The summed E-state index contributed by atoms with van der Waals surface area (Å²) in [4.78, 5) is 14.3. The van der Waals surface area contributed by atoms with Gasteiger partial charge in [0.2, 0.25) is 17.7 Å². The molecule has 134 valence electrons. The van der Waals surface area contributed by atoms with Crippen LogP contribution in [0.3, 0.4) is 0 Å². The molecule has 1 aliphatic heterocycles. The molecule has 0 N–H and O–H groups in total. The lowest BCUT2D eigenvalue weighted by Gasteiger charge is -2.23. The lowest BCUT2D eigenvalue weighted by atomic mass is 10.1. The van der Waals surface area contributed by atoms with Gasteiger partial charge in [-0.05, 0) is 32.4 Å². The van der Waals surface area contributed by atoms with Crippen LogP contribution in [0, 0.1) is 12.8 Å². The fourth-order valence-corrected chi connectivity index (χ4v) is 2.99. The minimum Gasteiger partial charge on any atom is -0.421 e. The van der Waals surface area contributed by atoms with E-state index in [9.17, 15) is 4.79 Å². The largest absolute Gasteiger partial charge is 0.421 e. The van der Waals surface area contributed by atoms with Gasteiger partial charge in [0.05, 0.1) is 6.61 Å². The van der Waals surface area contributed by atoms with Crippen LogP contribution in [-0.2, 0) is 16.0 Å². The second kappa shape index (κ2) is 8.25. The number of hydrogen-bond donors (Lipinski definition) is 0. The van der Waals surface area contributed by atoms with Crippen LogP contribution in [0.25, 0.3) is 11.5 Å². The number of carbonyl (C=O) groups is 1. The number of ether oxygens (including phenoxy) is 1. The maximum Gasteiger partial charge on any atom is 0.247 e. The molecule has 0 spiro atoms. The number of aromatic nitrogens is 2. The summed E-state index contributed by atoms with van der Waals surface area (Å²) in [6.07, 6.45) is 1.89. The Kier molecular flexibility index (Phi) is 5.81. The fraction of sp³-hybridized carbons (Fsp3) is 0.526. The van der Waals surface area contributed by atoms with E-state index in [1.54, 1.807) is 0 Å². The van der Waals surface area contributed by atoms with Crippen LogP contribution in [0.1, 0.15) is 31.2 Å². The zero-order valence-electron chi connectivity index (χ0n) is 14.9. The minimum atomic E-state index is 0.129. The average molecular weight is 343 g/mol. The summed E-state index contributed by atoms with van der Waals surface area (Å²) in [5, 5.41) is 8.15. The van der Waals surface area contributed by atoms with Crippen molar-refractivity contribution in [3.05, 3.63) is 35.7 Å². The number of rotatable bonds is 7. The Morgan fingerprint density at radius 1 is 1.28 bits per heavy atom. The Labute approximate surface area is 148 Å². The van der Waals surface area contributed by atoms with Crippen molar-refractivity contribution in [1.29, 1.82) is 0 Å². The average Bonchev–Trinajstić information content (AvgIpc) is 3.30. The molecular formula is C19H25N3O3. The fourth-order valence-electron chi connectivity index (χ4n) is 2.99. The van der Waals surface area contributed by atoms with E-state index in [2.05, 4.69) is 10.2 Å². The first-order valence-electron chi connectivity index (χ1n) is 8.90. The molecule has 25 heavy (non-hydrogen) atoms. The van der Waals surface area contributed by atoms with Gasteiger partial charge in [-0.25, -0.2) is 0 Å². The van der Waals surface area contributed by atoms with Gasteiger partial charge in [0.25, 0.3) is 0 Å². The van der Waals surface area contributed by atoms with Crippen molar-refractivity contribution in [3.8, 4) is 11.5 Å². The number of aryl methyl sites for hydroxylation is 2. The molecule has 1 saturated heterocycles. The zero-order valence-corrected chi connectivity index (χ0v) is 14.9. The van der Waals surface area contributed by atoms with Gasteiger partial charge in [0.1, 0.15) is 0 Å². The van der Waals surface area contributed by atoms with E-state index in [4.69, 9.17) is 9.15 Å². The molecule has 1 aliphatic rings. The Hall–Kier alpha value is -2.21. The van der Waals surface area contributed by atoms with E-state index in [-0.39, 0.29) is 5.91 Å². The molecule has 0 unspecified atom stereocenters. The van der Waals surface area contributed by atoms with Gasteiger partial charge < -0.3 is 14.1 Å². The minimum absolute atomic E-state index is 0.129. The van der Waals surface area contributed by atoms with Crippen molar-refractivity contribution in [2.75, 3.05) is 26.3 Å². The molecule has 1 aromatic heterocycles. The highest BCUT2D eigenvalue weighted by atomic mass is 16.5. The van der Waals surface area contributed by atoms with Crippen LogP contribution in [0.2, 0.25) is 0 Å². The summed E-state index contributed by atoms with van der Waals surface area (Å²) >= 11 is 0. The summed E-state index contributed by atoms with van der Waals surface area (Å²) in [7, 11) is 0. The van der Waals surface area contributed by atoms with Crippen LogP contribution >= 0.6 is 0 Å². The molecule has 1 atom stereocenters. The van der Waals surface area contributed by atoms with Crippen molar-refractivity contribution < 1.29 is 13.9 Å². The molecule has 6 nitrogen and oxygen atoms in total. The maximum absolute atomic E-state index is 12.4. The predicted octanol–water partition coefficient (Wildman–Crippen LogP) is 2.86. The standard InChI is InChI=1S/C19H25N3O3/c1-3-22(12-15-10-11-24-13-15)18(23)9-8-17-20-21-19(25-17)16-6-4-14(2)5-7-16/h4-7,15H,3,8-13H2,1-2H3/t15-/m1/s1. The van der Waals surface area contributed by atoms with Gasteiger partial charge in [-0.2, -0.15) is 0 Å². The highest BCUT2D eigenvalue weighted by molar-refractivity contribution is 5.76. The van der Waals surface area contributed by atoms with Crippen LogP contribution in [0.15, 0.2) is 28.7 Å². The van der Waals surface area contributed by atoms with Gasteiger partial charge in [-0.15, -0.1) is 10.2 Å². The van der Waals surface area contributed by atoms with Crippen LogP contribution in [-0.4, -0.2) is 47.3 Å². The molecule has 1 aromatic carbocycles. The quantitative estimate of drug-likeness (QED) is 0.773. The SMILES string of the molecule is CCN(C[C@H]1CCOC1)C(=O)CCc1nnc(-c2ccc(C)cc2)o1. The molecular weight excluding hydrogens is 318 g/mol. The first kappa shape index (κ1) is 17.6. The lowest BCUT2D eigenvalue weighted by molar-refractivity contribution is -0.131. The van der Waals surface area contributed by atoms with Crippen molar-refractivity contribution >= 4 is 5.91 Å². The smallest absolute Gasteiger partial charge is 0.247 e. The Bertz CT molecular complexity index is 690. The van der Waals surface area contributed by atoms with Crippen molar-refractivity contribution in [1.82, 2.24) is 15.1 Å². The van der Waals surface area contributed by atoms with Crippen LogP contribution in [0.5, 0.6) is 0 Å². The van der Waals surface area contributed by atoms with E-state index in [1.807, 2.05) is 43.0 Å². The molecule has 2 aromatic rings. The van der Waals surface area contributed by atoms with Crippen molar-refractivity contribution in [3.63, 3.8) is 0 Å². The van der Waals surface area contributed by atoms with Crippen LogP contribution < -0.4 is 0 Å². The molecule has 1 fully saturated rings. The Morgan fingerprint density at radius 3 is 2.76 bits per heavy atom. The van der Waals surface area contributed by atoms with Gasteiger partial charge >= 0.3 is 0 Å². The monoisotopic (exact) mass is 343 g/mol. The summed E-state index contributed by atoms with van der Waals surface area (Å²) in [5.74, 6) is 1.59. The summed E-state index contributed by atoms with van der Waals surface area (Å²) < 4.78 is 11.1.